The summed E-state index contributed by atoms with van der Waals surface area (Å²) in [5.74, 6) is -1.38. The zero-order valence-electron chi connectivity index (χ0n) is 19.2. The normalized spacial score (nSPS) is 12.3. The molecule has 194 valence electrons. The molecule has 0 bridgehead atoms. The molecule has 10 nitrogen and oxygen atoms in total. The van der Waals surface area contributed by atoms with E-state index in [1.54, 1.807) is 5.32 Å². The van der Waals surface area contributed by atoms with Crippen molar-refractivity contribution >= 4 is 11.8 Å². The van der Waals surface area contributed by atoms with Gasteiger partial charge < -0.3 is 24.8 Å². The Hall–Kier alpha value is -3.26. The van der Waals surface area contributed by atoms with Crippen molar-refractivity contribution in [3.05, 3.63) is 35.7 Å². The molecule has 0 aliphatic rings. The number of nitrogens with zero attached hydrogens (tertiary/aromatic N) is 3. The zero-order chi connectivity index (χ0) is 25.8. The number of methoxy groups -OCH3 is 1. The van der Waals surface area contributed by atoms with E-state index in [9.17, 15) is 27.2 Å². The largest absolute Gasteiger partial charge is 0.489 e. The second-order valence-corrected chi connectivity index (χ2v) is 7.21. The lowest BCUT2D eigenvalue weighted by Gasteiger charge is -2.14. The van der Waals surface area contributed by atoms with Crippen molar-refractivity contribution in [2.24, 2.45) is 0 Å². The highest BCUT2D eigenvalue weighted by Gasteiger charge is 2.28. The standard InChI is InChI=1S/C21H27F4N5O5/c1-3-15(12-33-2)27-20(32)16-11-30(29-28-16)17-5-4-14(19(31)26-13-21(23,24)25)10-18(17)35-9-8-34-7-6-22/h4-5,10-11,15H,3,6-9,12-13H2,1-2H3,(H,26,31)(H,27,32). The molecule has 0 saturated carbocycles. The Kier molecular flexibility index (Phi) is 10.9. The van der Waals surface area contributed by atoms with Gasteiger partial charge in [0, 0.05) is 12.7 Å². The van der Waals surface area contributed by atoms with Gasteiger partial charge in [-0.2, -0.15) is 13.2 Å². The van der Waals surface area contributed by atoms with Crippen LogP contribution in [-0.4, -0.2) is 85.8 Å². The molecule has 0 spiro atoms. The molecule has 0 radical (unpaired) electrons. The van der Waals surface area contributed by atoms with Crippen molar-refractivity contribution in [3.8, 4) is 11.4 Å². The molecule has 0 saturated heterocycles. The third kappa shape index (κ3) is 9.13. The van der Waals surface area contributed by atoms with Crippen LogP contribution in [-0.2, 0) is 9.47 Å². The van der Waals surface area contributed by atoms with Crippen LogP contribution >= 0.6 is 0 Å². The lowest BCUT2D eigenvalue weighted by atomic mass is 10.1. The minimum atomic E-state index is -4.57. The van der Waals surface area contributed by atoms with Gasteiger partial charge in [0.2, 0.25) is 0 Å². The number of benzene rings is 1. The molecule has 1 atom stereocenters. The molecule has 2 rings (SSSR count). The predicted molar refractivity (Wildman–Crippen MR) is 115 cm³/mol. The molecule has 1 aromatic heterocycles. The number of carbonyl (C=O) groups is 2. The van der Waals surface area contributed by atoms with Gasteiger partial charge in [-0.3, -0.25) is 9.59 Å². The zero-order valence-corrected chi connectivity index (χ0v) is 19.2. The lowest BCUT2D eigenvalue weighted by Crippen LogP contribution is -2.37. The Morgan fingerprint density at radius 2 is 1.94 bits per heavy atom. The maximum atomic E-state index is 12.5. The van der Waals surface area contributed by atoms with Crippen LogP contribution in [0.4, 0.5) is 17.6 Å². The third-order valence-corrected chi connectivity index (χ3v) is 4.55. The average Bonchev–Trinajstić information content (AvgIpc) is 3.31. The van der Waals surface area contributed by atoms with Gasteiger partial charge in [0.05, 0.1) is 32.1 Å². The minimum Gasteiger partial charge on any atom is -0.489 e. The van der Waals surface area contributed by atoms with E-state index in [1.807, 2.05) is 6.92 Å². The third-order valence-electron chi connectivity index (χ3n) is 4.55. The summed E-state index contributed by atoms with van der Waals surface area (Å²) < 4.78 is 66.4. The fraction of sp³-hybridized carbons (Fsp3) is 0.524. The number of hydrogen-bond acceptors (Lipinski definition) is 7. The van der Waals surface area contributed by atoms with Crippen LogP contribution in [0.1, 0.15) is 34.2 Å². The van der Waals surface area contributed by atoms with Crippen LogP contribution < -0.4 is 15.4 Å². The molecule has 1 aromatic carbocycles. The Balaban J connectivity index is 2.24. The molecule has 0 aliphatic heterocycles. The monoisotopic (exact) mass is 505 g/mol. The number of alkyl halides is 4. The first-order chi connectivity index (χ1) is 16.7. The number of ether oxygens (including phenoxy) is 3. The molecule has 1 unspecified atom stereocenters. The number of rotatable bonds is 14. The SMILES string of the molecule is CCC(COC)NC(=O)c1cn(-c2ccc(C(=O)NCC(F)(F)F)cc2OCCOCCF)nn1. The van der Waals surface area contributed by atoms with Gasteiger partial charge in [-0.15, -0.1) is 5.10 Å². The van der Waals surface area contributed by atoms with E-state index in [1.165, 1.54) is 36.2 Å². The summed E-state index contributed by atoms with van der Waals surface area (Å²) in [5, 5.41) is 12.3. The molecule has 0 aliphatic carbocycles. The van der Waals surface area contributed by atoms with E-state index in [0.29, 0.717) is 13.0 Å². The molecular formula is C21H27F4N5O5. The van der Waals surface area contributed by atoms with Crippen molar-refractivity contribution in [1.82, 2.24) is 25.6 Å². The summed E-state index contributed by atoms with van der Waals surface area (Å²) in [7, 11) is 1.52. The number of carbonyl (C=O) groups excluding carboxylic acids is 2. The average molecular weight is 505 g/mol. The van der Waals surface area contributed by atoms with Crippen molar-refractivity contribution in [2.45, 2.75) is 25.6 Å². The first kappa shape index (κ1) is 28.0. The number of aromatic nitrogens is 3. The van der Waals surface area contributed by atoms with E-state index in [2.05, 4.69) is 15.6 Å². The molecule has 35 heavy (non-hydrogen) atoms. The van der Waals surface area contributed by atoms with E-state index in [-0.39, 0.29) is 48.6 Å². The van der Waals surface area contributed by atoms with Gasteiger partial charge in [0.25, 0.3) is 11.8 Å². The van der Waals surface area contributed by atoms with Crippen LogP contribution in [0.2, 0.25) is 0 Å². The van der Waals surface area contributed by atoms with Crippen LogP contribution in [0.15, 0.2) is 24.4 Å². The molecule has 2 aromatic rings. The molecule has 1 heterocycles. The number of hydrogen-bond donors (Lipinski definition) is 2. The van der Waals surface area contributed by atoms with Crippen LogP contribution in [0.25, 0.3) is 5.69 Å². The van der Waals surface area contributed by atoms with E-state index in [4.69, 9.17) is 14.2 Å². The summed E-state index contributed by atoms with van der Waals surface area (Å²) in [6.45, 7) is -0.115. The van der Waals surface area contributed by atoms with Gasteiger partial charge >= 0.3 is 6.18 Å². The smallest absolute Gasteiger partial charge is 0.405 e. The minimum absolute atomic E-state index is 0.00350. The lowest BCUT2D eigenvalue weighted by molar-refractivity contribution is -0.123. The van der Waals surface area contributed by atoms with E-state index >= 15 is 0 Å². The quantitative estimate of drug-likeness (QED) is 0.298. The van der Waals surface area contributed by atoms with Crippen molar-refractivity contribution in [3.63, 3.8) is 0 Å². The fourth-order valence-corrected chi connectivity index (χ4v) is 2.82. The topological polar surface area (TPSA) is 117 Å². The Labute approximate surface area is 198 Å². The first-order valence-electron chi connectivity index (χ1n) is 10.7. The summed E-state index contributed by atoms with van der Waals surface area (Å²) in [4.78, 5) is 24.6. The second kappa shape index (κ2) is 13.6. The van der Waals surface area contributed by atoms with E-state index < -0.39 is 31.2 Å². The highest BCUT2D eigenvalue weighted by atomic mass is 19.4. The number of amides is 2. The van der Waals surface area contributed by atoms with Gasteiger partial charge in [-0.25, -0.2) is 9.07 Å². The molecule has 2 amide bonds. The number of nitrogens with one attached hydrogen (secondary N) is 2. The molecule has 2 N–H and O–H groups in total. The molecule has 14 heteroatoms. The van der Waals surface area contributed by atoms with Gasteiger partial charge in [0.1, 0.15) is 31.3 Å². The Bertz CT molecular complexity index is 970. The molecular weight excluding hydrogens is 478 g/mol. The summed E-state index contributed by atoms with van der Waals surface area (Å²) >= 11 is 0. The van der Waals surface area contributed by atoms with Gasteiger partial charge in [0.15, 0.2) is 5.69 Å². The summed E-state index contributed by atoms with van der Waals surface area (Å²) in [5.41, 5.74) is 0.170. The predicted octanol–water partition coefficient (Wildman–Crippen LogP) is 2.08. The highest BCUT2D eigenvalue weighted by molar-refractivity contribution is 5.95. The van der Waals surface area contributed by atoms with Gasteiger partial charge in [-0.1, -0.05) is 12.1 Å². The van der Waals surface area contributed by atoms with Crippen LogP contribution in [0, 0.1) is 0 Å². The first-order valence-corrected chi connectivity index (χ1v) is 10.7. The summed E-state index contributed by atoms with van der Waals surface area (Å²) in [6, 6.07) is 3.66. The van der Waals surface area contributed by atoms with Crippen molar-refractivity contribution < 1.29 is 41.4 Å². The van der Waals surface area contributed by atoms with Crippen LogP contribution in [0.3, 0.4) is 0 Å². The Morgan fingerprint density at radius 1 is 1.17 bits per heavy atom. The maximum absolute atomic E-state index is 12.5. The summed E-state index contributed by atoms with van der Waals surface area (Å²) in [6.07, 6.45) is -2.60. The highest BCUT2D eigenvalue weighted by Crippen LogP contribution is 2.25. The second-order valence-electron chi connectivity index (χ2n) is 7.21. The fourth-order valence-electron chi connectivity index (χ4n) is 2.82. The Morgan fingerprint density at radius 3 is 2.60 bits per heavy atom. The number of halogens is 4. The maximum Gasteiger partial charge on any atom is 0.405 e. The van der Waals surface area contributed by atoms with Gasteiger partial charge in [-0.05, 0) is 24.6 Å². The van der Waals surface area contributed by atoms with Crippen LogP contribution in [0.5, 0.6) is 5.75 Å². The van der Waals surface area contributed by atoms with Crippen molar-refractivity contribution in [2.75, 3.05) is 46.8 Å². The van der Waals surface area contributed by atoms with Crippen molar-refractivity contribution in [1.29, 1.82) is 0 Å². The molecule has 0 fully saturated rings. The van der Waals surface area contributed by atoms with E-state index in [0.717, 1.165) is 0 Å².